The van der Waals surface area contributed by atoms with E-state index in [9.17, 15) is 26.4 Å². The number of hydrogen-bond donors (Lipinski definition) is 0. The van der Waals surface area contributed by atoms with E-state index in [1.54, 1.807) is 69.8 Å². The van der Waals surface area contributed by atoms with Gasteiger partial charge in [0.25, 0.3) is 10.0 Å². The number of alkyl halides is 3. The van der Waals surface area contributed by atoms with Gasteiger partial charge in [-0.2, -0.15) is 13.2 Å². The van der Waals surface area contributed by atoms with Gasteiger partial charge in [0.1, 0.15) is 11.4 Å². The number of ether oxygens (including phenoxy) is 2. The number of aryl methyl sites for hydroxylation is 1. The Hall–Kier alpha value is -4.95. The van der Waals surface area contributed by atoms with E-state index in [-0.39, 0.29) is 24.5 Å². The molecule has 5 aromatic rings. The molecule has 1 aliphatic rings. The molecule has 3 aromatic carbocycles. The smallest absolute Gasteiger partial charge is 0.416 e. The number of carbonyl (C=O) groups excluding carboxylic acids is 1. The summed E-state index contributed by atoms with van der Waals surface area (Å²) in [6, 6.07) is 15.3. The summed E-state index contributed by atoms with van der Waals surface area (Å²) in [7, 11) is -2.58. The van der Waals surface area contributed by atoms with Crippen LogP contribution in [0.1, 0.15) is 49.4 Å². The Bertz CT molecular complexity index is 2270. The maximum absolute atomic E-state index is 14.3. The molecule has 0 aliphatic carbocycles. The van der Waals surface area contributed by atoms with Crippen molar-refractivity contribution in [3.8, 4) is 17.0 Å². The van der Waals surface area contributed by atoms with Crippen LogP contribution in [0.25, 0.3) is 27.6 Å². The minimum atomic E-state index is -4.59. The molecule has 9 nitrogen and oxygen atoms in total. The highest BCUT2D eigenvalue weighted by Crippen LogP contribution is 2.40. The Balaban J connectivity index is 1.39. The zero-order chi connectivity index (χ0) is 37.4. The second-order valence-electron chi connectivity index (χ2n) is 13.3. The molecule has 0 radical (unpaired) electrons. The lowest BCUT2D eigenvalue weighted by molar-refractivity contribution is -0.137. The molecular weight excluding hydrogens is 714 g/mol. The zero-order valence-electron chi connectivity index (χ0n) is 29.2. The van der Waals surface area contributed by atoms with E-state index in [0.717, 1.165) is 23.3 Å². The minimum Gasteiger partial charge on any atom is -0.497 e. The number of carbonyl (C=O) groups is 1. The van der Waals surface area contributed by atoms with Gasteiger partial charge in [0, 0.05) is 41.8 Å². The third-order valence-corrected chi connectivity index (χ3v) is 11.3. The summed E-state index contributed by atoms with van der Waals surface area (Å²) < 4.78 is 82.7. The second-order valence-corrected chi connectivity index (χ2v) is 16.1. The molecule has 14 heteroatoms. The topological polar surface area (TPSA) is 102 Å². The highest BCUT2D eigenvalue weighted by molar-refractivity contribution is 7.93. The van der Waals surface area contributed by atoms with Gasteiger partial charge in [-0.3, -0.25) is 4.98 Å². The van der Waals surface area contributed by atoms with Crippen molar-refractivity contribution in [1.82, 2.24) is 14.9 Å². The van der Waals surface area contributed by atoms with Gasteiger partial charge < -0.3 is 14.4 Å². The van der Waals surface area contributed by atoms with Crippen molar-refractivity contribution < 1.29 is 35.9 Å². The average molecular weight is 751 g/mol. The molecule has 0 spiro atoms. The number of thiazole rings is 1. The first-order valence-corrected chi connectivity index (χ1v) is 18.7. The van der Waals surface area contributed by atoms with Crippen LogP contribution in [0.4, 0.5) is 23.1 Å². The van der Waals surface area contributed by atoms with Crippen LogP contribution in [-0.4, -0.2) is 55.2 Å². The van der Waals surface area contributed by atoms with Crippen LogP contribution in [0.5, 0.6) is 5.75 Å². The van der Waals surface area contributed by atoms with Crippen molar-refractivity contribution in [2.45, 2.75) is 57.3 Å². The molecule has 52 heavy (non-hydrogen) atoms. The predicted molar refractivity (Wildman–Crippen MR) is 196 cm³/mol. The number of rotatable bonds is 8. The first kappa shape index (κ1) is 36.8. The largest absolute Gasteiger partial charge is 0.497 e. The van der Waals surface area contributed by atoms with Crippen LogP contribution in [0, 0.1) is 6.92 Å². The Morgan fingerprint density at radius 3 is 2.40 bits per heavy atom. The maximum Gasteiger partial charge on any atom is 0.416 e. The van der Waals surface area contributed by atoms with Gasteiger partial charge in [-0.15, -0.1) is 11.3 Å². The Labute approximate surface area is 304 Å². The van der Waals surface area contributed by atoms with Crippen LogP contribution >= 0.6 is 11.3 Å². The Morgan fingerprint density at radius 2 is 1.77 bits per heavy atom. The van der Waals surface area contributed by atoms with Crippen LogP contribution < -0.4 is 9.04 Å². The van der Waals surface area contributed by atoms with Crippen molar-refractivity contribution in [2.24, 2.45) is 0 Å². The predicted octanol–water partition coefficient (Wildman–Crippen LogP) is 9.11. The van der Waals surface area contributed by atoms with E-state index in [1.807, 2.05) is 19.1 Å². The van der Waals surface area contributed by atoms with E-state index < -0.39 is 33.5 Å². The molecule has 0 bridgehead atoms. The van der Waals surface area contributed by atoms with Crippen molar-refractivity contribution in [3.63, 3.8) is 0 Å². The summed E-state index contributed by atoms with van der Waals surface area (Å²) in [5.74, 6) is 0.655. The quantitative estimate of drug-likeness (QED) is 0.156. The summed E-state index contributed by atoms with van der Waals surface area (Å²) in [6.07, 6.45) is -0.00931. The van der Waals surface area contributed by atoms with Crippen molar-refractivity contribution in [3.05, 3.63) is 107 Å². The molecule has 0 N–H and O–H groups in total. The second kappa shape index (κ2) is 14.2. The van der Waals surface area contributed by atoms with Gasteiger partial charge in [0.15, 0.2) is 5.13 Å². The average Bonchev–Trinajstić information content (AvgIpc) is 3.64. The van der Waals surface area contributed by atoms with Crippen molar-refractivity contribution >= 4 is 48.9 Å². The van der Waals surface area contributed by atoms with Crippen LogP contribution in [0.15, 0.2) is 89.4 Å². The number of aromatic nitrogens is 2. The Morgan fingerprint density at radius 1 is 0.981 bits per heavy atom. The van der Waals surface area contributed by atoms with Crippen LogP contribution in [0.3, 0.4) is 0 Å². The molecule has 0 saturated heterocycles. The number of hydrogen-bond acceptors (Lipinski definition) is 8. The molecule has 6 rings (SSSR count). The highest BCUT2D eigenvalue weighted by Gasteiger charge is 2.33. The maximum atomic E-state index is 14.3. The molecule has 1 amide bonds. The Kier molecular flexibility index (Phi) is 10.1. The van der Waals surface area contributed by atoms with E-state index in [0.29, 0.717) is 50.5 Å². The lowest BCUT2D eigenvalue weighted by atomic mass is 9.90. The summed E-state index contributed by atoms with van der Waals surface area (Å²) in [5, 5.41) is 3.09. The molecule has 0 atom stereocenters. The zero-order valence-corrected chi connectivity index (χ0v) is 30.8. The number of halogens is 3. The SMILES string of the molecule is COc1ccc(CN(c2nccs2)S(=O)(=O)c2ccc3c(-c4ccc(C(F)(F)F)cc4C4=CCN(C(=O)OC(C)(C)C)CC4)nccc3c2)c(C)c1. The number of fused-ring (bicyclic) bond motifs is 1. The van der Waals surface area contributed by atoms with Gasteiger partial charge in [-0.25, -0.2) is 22.5 Å². The van der Waals surface area contributed by atoms with Crippen molar-refractivity contribution in [2.75, 3.05) is 24.5 Å². The third kappa shape index (κ3) is 7.77. The number of pyridine rings is 1. The van der Waals surface area contributed by atoms with Gasteiger partial charge in [-0.05, 0) is 104 Å². The van der Waals surface area contributed by atoms with E-state index >= 15 is 0 Å². The van der Waals surface area contributed by atoms with Gasteiger partial charge in [0.05, 0.1) is 29.8 Å². The van der Waals surface area contributed by atoms with Crippen LogP contribution in [0.2, 0.25) is 0 Å². The molecule has 0 fully saturated rings. The van der Waals surface area contributed by atoms with Gasteiger partial charge in [-0.1, -0.05) is 24.3 Å². The third-order valence-electron chi connectivity index (χ3n) is 8.63. The number of amides is 1. The number of methoxy groups -OCH3 is 1. The lowest BCUT2D eigenvalue weighted by Crippen LogP contribution is -2.39. The molecule has 1 aliphatic heterocycles. The highest BCUT2D eigenvalue weighted by atomic mass is 32.2. The van der Waals surface area contributed by atoms with Crippen LogP contribution in [-0.2, 0) is 27.5 Å². The summed E-state index contributed by atoms with van der Waals surface area (Å²) >= 11 is 1.20. The fourth-order valence-electron chi connectivity index (χ4n) is 5.98. The minimum absolute atomic E-state index is 0.0170. The van der Waals surface area contributed by atoms with Gasteiger partial charge >= 0.3 is 12.3 Å². The lowest BCUT2D eigenvalue weighted by Gasteiger charge is -2.30. The molecule has 3 heterocycles. The fraction of sp³-hybridized carbons (Fsp3) is 0.289. The summed E-state index contributed by atoms with van der Waals surface area (Å²) in [6.45, 7) is 7.62. The summed E-state index contributed by atoms with van der Waals surface area (Å²) in [4.78, 5) is 23.1. The van der Waals surface area contributed by atoms with E-state index in [2.05, 4.69) is 9.97 Å². The molecular formula is C38H37F3N4O5S2. The standard InChI is InChI=1S/C38H37F3N4O5S2/c1-24-20-29(49-5)8-6-27(24)23-45(35-43-16-19-51-35)52(47,48)30-9-11-31-26(21-30)12-15-42-34(31)32-10-7-28(38(39,40)41)22-33(32)25-13-17-44(18-14-25)36(46)50-37(2,3)4/h6-13,15-16,19-22H,14,17-18,23H2,1-5H3. The fourth-order valence-corrected chi connectivity index (χ4v) is 8.28. The van der Waals surface area contributed by atoms with E-state index in [4.69, 9.17) is 9.47 Å². The van der Waals surface area contributed by atoms with E-state index in [1.165, 1.54) is 38.9 Å². The van der Waals surface area contributed by atoms with Crippen molar-refractivity contribution in [1.29, 1.82) is 0 Å². The number of nitrogens with zero attached hydrogens (tertiary/aromatic N) is 4. The molecule has 2 aromatic heterocycles. The summed E-state index contributed by atoms with van der Waals surface area (Å²) in [5.41, 5.74) is 1.92. The monoisotopic (exact) mass is 750 g/mol. The normalized spacial score (nSPS) is 13.9. The number of anilines is 1. The molecule has 0 saturated carbocycles. The number of sulfonamides is 1. The molecule has 0 unspecified atom stereocenters. The first-order valence-electron chi connectivity index (χ1n) is 16.4. The first-order chi connectivity index (χ1) is 24.5. The van der Waals surface area contributed by atoms with Gasteiger partial charge in [0.2, 0.25) is 0 Å². The number of benzene rings is 3. The molecule has 272 valence electrons.